The Balaban J connectivity index is 2.48. The molecule has 2 N–H and O–H groups in total. The SMILES string of the molecule is COCCNC(=O)C(C)NCc1cc(C)c(F)c(C)c1. The summed E-state index contributed by atoms with van der Waals surface area (Å²) >= 11 is 0. The van der Waals surface area contributed by atoms with Crippen LogP contribution in [0.5, 0.6) is 0 Å². The molecule has 0 aliphatic heterocycles. The Labute approximate surface area is 119 Å². The highest BCUT2D eigenvalue weighted by molar-refractivity contribution is 5.81. The number of hydrogen-bond donors (Lipinski definition) is 2. The van der Waals surface area contributed by atoms with Crippen molar-refractivity contribution >= 4 is 5.91 Å². The van der Waals surface area contributed by atoms with Gasteiger partial charge in [-0.15, -0.1) is 0 Å². The predicted octanol–water partition coefficient (Wildman–Crippen LogP) is 1.68. The zero-order valence-electron chi connectivity index (χ0n) is 12.5. The number of benzene rings is 1. The van der Waals surface area contributed by atoms with E-state index >= 15 is 0 Å². The lowest BCUT2D eigenvalue weighted by Crippen LogP contribution is -2.42. The Bertz CT molecular complexity index is 440. The second-order valence-corrected chi connectivity index (χ2v) is 4.93. The summed E-state index contributed by atoms with van der Waals surface area (Å²) in [4.78, 5) is 11.7. The van der Waals surface area contributed by atoms with Crippen LogP contribution in [0, 0.1) is 19.7 Å². The van der Waals surface area contributed by atoms with Crippen LogP contribution < -0.4 is 10.6 Å². The van der Waals surface area contributed by atoms with E-state index in [4.69, 9.17) is 4.74 Å². The molecule has 1 aromatic rings. The Morgan fingerprint density at radius 3 is 2.50 bits per heavy atom. The summed E-state index contributed by atoms with van der Waals surface area (Å²) in [5, 5.41) is 5.89. The first kappa shape index (κ1) is 16.6. The number of aryl methyl sites for hydroxylation is 2. The molecule has 0 saturated heterocycles. The highest BCUT2D eigenvalue weighted by Gasteiger charge is 2.12. The highest BCUT2D eigenvalue weighted by atomic mass is 19.1. The molecule has 0 saturated carbocycles. The molecule has 0 aromatic heterocycles. The molecule has 0 aliphatic carbocycles. The second-order valence-electron chi connectivity index (χ2n) is 4.93. The number of methoxy groups -OCH3 is 1. The molecule has 4 nitrogen and oxygen atoms in total. The van der Waals surface area contributed by atoms with Gasteiger partial charge in [-0.3, -0.25) is 4.79 Å². The van der Waals surface area contributed by atoms with Gasteiger partial charge in [-0.25, -0.2) is 4.39 Å². The summed E-state index contributed by atoms with van der Waals surface area (Å²) < 4.78 is 18.4. The van der Waals surface area contributed by atoms with Crippen molar-refractivity contribution in [2.45, 2.75) is 33.4 Å². The summed E-state index contributed by atoms with van der Waals surface area (Å²) in [6.45, 7) is 6.80. The molecule has 0 heterocycles. The summed E-state index contributed by atoms with van der Waals surface area (Å²) in [5.41, 5.74) is 2.22. The van der Waals surface area contributed by atoms with Crippen LogP contribution in [0.3, 0.4) is 0 Å². The fourth-order valence-corrected chi connectivity index (χ4v) is 1.93. The molecule has 112 valence electrons. The van der Waals surface area contributed by atoms with Crippen LogP contribution in [0.1, 0.15) is 23.6 Å². The van der Waals surface area contributed by atoms with Gasteiger partial charge in [-0.2, -0.15) is 0 Å². The number of hydrogen-bond acceptors (Lipinski definition) is 3. The molecular formula is C15H23FN2O2. The van der Waals surface area contributed by atoms with Gasteiger partial charge in [-0.05, 0) is 37.5 Å². The van der Waals surface area contributed by atoms with Crippen molar-refractivity contribution in [1.29, 1.82) is 0 Å². The normalized spacial score (nSPS) is 12.2. The molecule has 1 rings (SSSR count). The van der Waals surface area contributed by atoms with Gasteiger partial charge >= 0.3 is 0 Å². The van der Waals surface area contributed by atoms with Crippen LogP contribution in [-0.2, 0) is 16.1 Å². The molecule has 0 spiro atoms. The summed E-state index contributed by atoms with van der Waals surface area (Å²) in [6, 6.07) is 3.29. The van der Waals surface area contributed by atoms with Gasteiger partial charge in [0, 0.05) is 20.2 Å². The first-order valence-electron chi connectivity index (χ1n) is 6.71. The van der Waals surface area contributed by atoms with Gasteiger partial charge in [0.25, 0.3) is 0 Å². The van der Waals surface area contributed by atoms with Crippen molar-refractivity contribution in [3.8, 4) is 0 Å². The minimum Gasteiger partial charge on any atom is -0.383 e. The Morgan fingerprint density at radius 1 is 1.35 bits per heavy atom. The second kappa shape index (κ2) is 7.97. The van der Waals surface area contributed by atoms with Gasteiger partial charge in [0.2, 0.25) is 5.91 Å². The lowest BCUT2D eigenvalue weighted by atomic mass is 10.1. The zero-order chi connectivity index (χ0) is 15.1. The molecular weight excluding hydrogens is 259 g/mol. The van der Waals surface area contributed by atoms with E-state index in [9.17, 15) is 9.18 Å². The number of halogens is 1. The van der Waals surface area contributed by atoms with E-state index in [1.54, 1.807) is 40.0 Å². The van der Waals surface area contributed by atoms with Crippen LogP contribution in [-0.4, -0.2) is 32.2 Å². The topological polar surface area (TPSA) is 50.4 Å². The van der Waals surface area contributed by atoms with Crippen molar-refractivity contribution in [3.63, 3.8) is 0 Å². The van der Waals surface area contributed by atoms with Crippen LogP contribution in [0.4, 0.5) is 4.39 Å². The van der Waals surface area contributed by atoms with E-state index in [0.717, 1.165) is 5.56 Å². The number of carbonyl (C=O) groups excluding carboxylic acids is 1. The fraction of sp³-hybridized carbons (Fsp3) is 0.533. The minimum absolute atomic E-state index is 0.0717. The Hall–Kier alpha value is -1.46. The summed E-state index contributed by atoms with van der Waals surface area (Å²) in [5.74, 6) is -0.239. The third-order valence-electron chi connectivity index (χ3n) is 3.11. The zero-order valence-corrected chi connectivity index (χ0v) is 12.5. The quantitative estimate of drug-likeness (QED) is 0.748. The molecule has 0 fully saturated rings. The van der Waals surface area contributed by atoms with E-state index in [-0.39, 0.29) is 17.8 Å². The van der Waals surface area contributed by atoms with E-state index in [2.05, 4.69) is 10.6 Å². The smallest absolute Gasteiger partial charge is 0.236 e. The van der Waals surface area contributed by atoms with Gasteiger partial charge in [0.15, 0.2) is 0 Å². The summed E-state index contributed by atoms with van der Waals surface area (Å²) in [7, 11) is 1.59. The standard InChI is InChI=1S/C15H23FN2O2/c1-10-7-13(8-11(2)14(10)16)9-18-12(3)15(19)17-5-6-20-4/h7-8,12,18H,5-6,9H2,1-4H3,(H,17,19). The molecule has 1 aromatic carbocycles. The minimum atomic E-state index is -0.308. The monoisotopic (exact) mass is 282 g/mol. The van der Waals surface area contributed by atoms with Crippen molar-refractivity contribution < 1.29 is 13.9 Å². The maximum Gasteiger partial charge on any atom is 0.236 e. The van der Waals surface area contributed by atoms with Gasteiger partial charge in [-0.1, -0.05) is 12.1 Å². The third-order valence-corrected chi connectivity index (χ3v) is 3.11. The van der Waals surface area contributed by atoms with E-state index in [1.165, 1.54) is 0 Å². The van der Waals surface area contributed by atoms with Crippen LogP contribution >= 0.6 is 0 Å². The van der Waals surface area contributed by atoms with E-state index < -0.39 is 0 Å². The Morgan fingerprint density at radius 2 is 1.95 bits per heavy atom. The fourth-order valence-electron chi connectivity index (χ4n) is 1.93. The number of amides is 1. The highest BCUT2D eigenvalue weighted by Crippen LogP contribution is 2.14. The van der Waals surface area contributed by atoms with Crippen molar-refractivity contribution in [3.05, 3.63) is 34.6 Å². The van der Waals surface area contributed by atoms with Crippen molar-refractivity contribution in [2.24, 2.45) is 0 Å². The van der Waals surface area contributed by atoms with Crippen molar-refractivity contribution in [1.82, 2.24) is 10.6 Å². The number of carbonyl (C=O) groups is 1. The van der Waals surface area contributed by atoms with Crippen LogP contribution in [0.15, 0.2) is 12.1 Å². The number of nitrogens with one attached hydrogen (secondary N) is 2. The first-order valence-corrected chi connectivity index (χ1v) is 6.71. The molecule has 0 radical (unpaired) electrons. The number of ether oxygens (including phenoxy) is 1. The average molecular weight is 282 g/mol. The molecule has 1 unspecified atom stereocenters. The Kier molecular flexibility index (Phi) is 6.61. The average Bonchev–Trinajstić information content (AvgIpc) is 2.42. The van der Waals surface area contributed by atoms with E-state index in [0.29, 0.717) is 30.8 Å². The van der Waals surface area contributed by atoms with Crippen LogP contribution in [0.25, 0.3) is 0 Å². The first-order chi connectivity index (χ1) is 9.45. The van der Waals surface area contributed by atoms with Gasteiger partial charge in [0.1, 0.15) is 5.82 Å². The molecule has 0 bridgehead atoms. The maximum absolute atomic E-state index is 13.5. The van der Waals surface area contributed by atoms with E-state index in [1.807, 2.05) is 0 Å². The predicted molar refractivity (Wildman–Crippen MR) is 77.1 cm³/mol. The lowest BCUT2D eigenvalue weighted by molar-refractivity contribution is -0.122. The van der Waals surface area contributed by atoms with Gasteiger partial charge < -0.3 is 15.4 Å². The van der Waals surface area contributed by atoms with Crippen LogP contribution in [0.2, 0.25) is 0 Å². The molecule has 5 heteroatoms. The van der Waals surface area contributed by atoms with Crippen molar-refractivity contribution in [2.75, 3.05) is 20.3 Å². The lowest BCUT2D eigenvalue weighted by Gasteiger charge is -2.15. The molecule has 20 heavy (non-hydrogen) atoms. The number of rotatable bonds is 7. The molecule has 1 atom stereocenters. The maximum atomic E-state index is 13.5. The largest absolute Gasteiger partial charge is 0.383 e. The third kappa shape index (κ3) is 4.90. The molecule has 0 aliphatic rings. The summed E-state index contributed by atoms with van der Waals surface area (Å²) in [6.07, 6.45) is 0. The molecule has 1 amide bonds. The van der Waals surface area contributed by atoms with Gasteiger partial charge in [0.05, 0.1) is 12.6 Å².